The third kappa shape index (κ3) is 6.75. The zero-order chi connectivity index (χ0) is 26.5. The molecule has 3 aromatic rings. The number of nitrogens with zero attached hydrogens (tertiary/aromatic N) is 1. The van der Waals surface area contributed by atoms with Gasteiger partial charge in [0.1, 0.15) is 17.4 Å². The third-order valence-corrected chi connectivity index (χ3v) is 7.37. The highest BCUT2D eigenvalue weighted by atomic mass is 19.1. The van der Waals surface area contributed by atoms with E-state index >= 15 is 0 Å². The fourth-order valence-electron chi connectivity index (χ4n) is 4.99. The van der Waals surface area contributed by atoms with E-state index in [9.17, 15) is 13.6 Å². The molecule has 1 atom stereocenters. The minimum absolute atomic E-state index is 0.150. The van der Waals surface area contributed by atoms with Crippen molar-refractivity contribution in [3.63, 3.8) is 0 Å². The Hall–Kier alpha value is -3.25. The Balaban J connectivity index is 1.31. The highest BCUT2D eigenvalue weighted by Gasteiger charge is 2.32. The number of carboxylic acids is 1. The summed E-state index contributed by atoms with van der Waals surface area (Å²) in [7, 11) is 0. The number of benzene rings is 3. The van der Waals surface area contributed by atoms with Gasteiger partial charge in [-0.25, -0.2) is 8.78 Å². The molecule has 3 aromatic carbocycles. The van der Waals surface area contributed by atoms with Gasteiger partial charge in [0.05, 0.1) is 12.5 Å². The molecular formula is C31H35F2NO3. The molecule has 4 nitrogen and oxygen atoms in total. The van der Waals surface area contributed by atoms with Crippen LogP contribution in [-0.2, 0) is 11.3 Å². The van der Waals surface area contributed by atoms with Gasteiger partial charge in [0.15, 0.2) is 0 Å². The summed E-state index contributed by atoms with van der Waals surface area (Å²) in [5.74, 6) is -1.36. The van der Waals surface area contributed by atoms with Gasteiger partial charge in [0.2, 0.25) is 0 Å². The van der Waals surface area contributed by atoms with Crippen LogP contribution in [0, 0.1) is 38.3 Å². The van der Waals surface area contributed by atoms with E-state index in [1.807, 2.05) is 25.1 Å². The lowest BCUT2D eigenvalue weighted by atomic mass is 9.85. The summed E-state index contributed by atoms with van der Waals surface area (Å²) in [6.07, 6.45) is 2.39. The van der Waals surface area contributed by atoms with Crippen LogP contribution in [0.15, 0.2) is 54.6 Å². The van der Waals surface area contributed by atoms with Crippen molar-refractivity contribution in [3.8, 4) is 5.75 Å². The standard InChI is InChI=1S/C31H35F2NO3/c1-20-7-9-24(15-21(20)2)27(28-11-10-26(32)16-29(28)33)6-4-5-13-37-30-12-8-23(14-22(30)3)17-34-18-25(19-34)31(35)36/h7-12,14-16,25,27H,4-6,13,17-19H2,1-3H3,(H,35,36). The van der Waals surface area contributed by atoms with Crippen LogP contribution in [0.25, 0.3) is 0 Å². The molecular weight excluding hydrogens is 472 g/mol. The molecule has 6 heteroatoms. The van der Waals surface area contributed by atoms with Gasteiger partial charge in [-0.05, 0) is 85.5 Å². The first kappa shape index (κ1) is 26.8. The van der Waals surface area contributed by atoms with Crippen molar-refractivity contribution in [1.29, 1.82) is 0 Å². The molecule has 0 aromatic heterocycles. The van der Waals surface area contributed by atoms with Crippen LogP contribution in [-0.4, -0.2) is 35.7 Å². The Morgan fingerprint density at radius 1 is 0.973 bits per heavy atom. The van der Waals surface area contributed by atoms with E-state index in [2.05, 4.69) is 36.9 Å². The minimum atomic E-state index is -0.723. The molecule has 0 spiro atoms. The number of aryl methyl sites for hydroxylation is 3. The van der Waals surface area contributed by atoms with Crippen LogP contribution in [0.5, 0.6) is 5.75 Å². The molecule has 1 saturated heterocycles. The number of carboxylic acid groups (broad SMARTS) is 1. The lowest BCUT2D eigenvalue weighted by molar-refractivity contribution is -0.147. The molecule has 0 aliphatic carbocycles. The van der Waals surface area contributed by atoms with Crippen molar-refractivity contribution in [1.82, 2.24) is 4.90 Å². The van der Waals surface area contributed by atoms with Crippen molar-refractivity contribution < 1.29 is 23.4 Å². The molecule has 4 rings (SSSR count). The molecule has 1 fully saturated rings. The number of likely N-dealkylation sites (tertiary alicyclic amines) is 1. The number of aliphatic carboxylic acids is 1. The second-order valence-electron chi connectivity index (χ2n) is 10.2. The monoisotopic (exact) mass is 507 g/mol. The minimum Gasteiger partial charge on any atom is -0.493 e. The number of halogens is 2. The summed E-state index contributed by atoms with van der Waals surface area (Å²) >= 11 is 0. The molecule has 0 saturated carbocycles. The van der Waals surface area contributed by atoms with Crippen molar-refractivity contribution in [2.24, 2.45) is 5.92 Å². The predicted molar refractivity (Wildman–Crippen MR) is 141 cm³/mol. The average Bonchev–Trinajstić information content (AvgIpc) is 2.82. The van der Waals surface area contributed by atoms with Crippen molar-refractivity contribution >= 4 is 5.97 Å². The number of rotatable bonds is 11. The number of unbranched alkanes of at least 4 members (excludes halogenated alkanes) is 1. The first-order valence-electron chi connectivity index (χ1n) is 12.9. The van der Waals surface area contributed by atoms with Crippen LogP contribution < -0.4 is 4.74 Å². The maximum absolute atomic E-state index is 14.7. The van der Waals surface area contributed by atoms with Gasteiger partial charge in [-0.15, -0.1) is 0 Å². The van der Waals surface area contributed by atoms with E-state index in [-0.39, 0.29) is 11.8 Å². The second-order valence-corrected chi connectivity index (χ2v) is 10.2. The molecule has 196 valence electrons. The summed E-state index contributed by atoms with van der Waals surface area (Å²) < 4.78 is 34.3. The molecule has 1 aliphatic heterocycles. The SMILES string of the molecule is Cc1ccc(C(CCCCOc2ccc(CN3CC(C(=O)O)C3)cc2C)c2ccc(F)cc2F)cc1C. The quantitative estimate of drug-likeness (QED) is 0.291. The Morgan fingerprint density at radius 3 is 2.43 bits per heavy atom. The Morgan fingerprint density at radius 2 is 1.76 bits per heavy atom. The first-order valence-corrected chi connectivity index (χ1v) is 12.9. The van der Waals surface area contributed by atoms with Gasteiger partial charge in [0.25, 0.3) is 0 Å². The summed E-state index contributed by atoms with van der Waals surface area (Å²) in [5.41, 5.74) is 6.10. The van der Waals surface area contributed by atoms with E-state index in [4.69, 9.17) is 9.84 Å². The zero-order valence-corrected chi connectivity index (χ0v) is 21.8. The molecule has 1 aliphatic rings. The largest absolute Gasteiger partial charge is 0.493 e. The maximum Gasteiger partial charge on any atom is 0.309 e. The van der Waals surface area contributed by atoms with E-state index in [0.717, 1.165) is 59.9 Å². The molecule has 1 unspecified atom stereocenters. The third-order valence-electron chi connectivity index (χ3n) is 7.37. The fourth-order valence-corrected chi connectivity index (χ4v) is 4.99. The van der Waals surface area contributed by atoms with Crippen molar-refractivity contribution in [2.75, 3.05) is 19.7 Å². The van der Waals surface area contributed by atoms with Crippen LogP contribution >= 0.6 is 0 Å². The van der Waals surface area contributed by atoms with Crippen molar-refractivity contribution in [2.45, 2.75) is 52.5 Å². The molecule has 37 heavy (non-hydrogen) atoms. The van der Waals surface area contributed by atoms with Gasteiger partial charge in [-0.2, -0.15) is 0 Å². The molecule has 1 heterocycles. The second kappa shape index (κ2) is 11.9. The Bertz CT molecular complexity index is 1250. The summed E-state index contributed by atoms with van der Waals surface area (Å²) in [5, 5.41) is 9.03. The molecule has 0 radical (unpaired) electrons. The Labute approximate surface area is 217 Å². The van der Waals surface area contributed by atoms with Crippen LogP contribution in [0.3, 0.4) is 0 Å². The average molecular weight is 508 g/mol. The van der Waals surface area contributed by atoms with Gasteiger partial charge < -0.3 is 9.84 Å². The number of hydrogen-bond donors (Lipinski definition) is 1. The van der Waals surface area contributed by atoms with Crippen LogP contribution in [0.1, 0.15) is 58.6 Å². The number of carbonyl (C=O) groups is 1. The summed E-state index contributed by atoms with van der Waals surface area (Å²) in [6, 6.07) is 16.2. The highest BCUT2D eigenvalue weighted by Crippen LogP contribution is 2.33. The van der Waals surface area contributed by atoms with Crippen LogP contribution in [0.4, 0.5) is 8.78 Å². The van der Waals surface area contributed by atoms with Gasteiger partial charge in [0, 0.05) is 31.6 Å². The van der Waals surface area contributed by atoms with E-state index in [1.165, 1.54) is 11.6 Å². The highest BCUT2D eigenvalue weighted by molar-refractivity contribution is 5.71. The van der Waals surface area contributed by atoms with Crippen LogP contribution in [0.2, 0.25) is 0 Å². The maximum atomic E-state index is 14.7. The molecule has 1 N–H and O–H groups in total. The van der Waals surface area contributed by atoms with Gasteiger partial charge >= 0.3 is 5.97 Å². The normalized spacial score (nSPS) is 14.8. The topological polar surface area (TPSA) is 49.8 Å². The van der Waals surface area contributed by atoms with Gasteiger partial charge in [-0.3, -0.25) is 9.69 Å². The molecule has 0 amide bonds. The number of hydrogen-bond acceptors (Lipinski definition) is 3. The fraction of sp³-hybridized carbons (Fsp3) is 0.387. The zero-order valence-electron chi connectivity index (χ0n) is 21.8. The summed E-state index contributed by atoms with van der Waals surface area (Å²) in [6.45, 7) is 8.60. The summed E-state index contributed by atoms with van der Waals surface area (Å²) in [4.78, 5) is 13.1. The van der Waals surface area contributed by atoms with E-state index < -0.39 is 17.6 Å². The van der Waals surface area contributed by atoms with E-state index in [0.29, 0.717) is 25.3 Å². The lowest BCUT2D eigenvalue weighted by Crippen LogP contribution is -2.49. The van der Waals surface area contributed by atoms with Crippen molar-refractivity contribution in [3.05, 3.63) is 99.6 Å². The molecule has 0 bridgehead atoms. The first-order chi connectivity index (χ1) is 17.7. The van der Waals surface area contributed by atoms with E-state index in [1.54, 1.807) is 6.07 Å². The predicted octanol–water partition coefficient (Wildman–Crippen LogP) is 6.79. The lowest BCUT2D eigenvalue weighted by Gasteiger charge is -2.36. The number of ether oxygens (including phenoxy) is 1. The smallest absolute Gasteiger partial charge is 0.309 e. The van der Waals surface area contributed by atoms with Gasteiger partial charge in [-0.1, -0.05) is 36.4 Å². The Kier molecular flexibility index (Phi) is 8.59.